The fourth-order valence-electron chi connectivity index (χ4n) is 0.672. The quantitative estimate of drug-likeness (QED) is 0.542. The maximum absolute atomic E-state index is 10.3. The molecule has 0 saturated heterocycles. The molecule has 1 aromatic rings. The van der Waals surface area contributed by atoms with Gasteiger partial charge in [0.05, 0.1) is 5.97 Å². The van der Waals surface area contributed by atoms with Gasteiger partial charge in [-0.1, -0.05) is 23.2 Å². The van der Waals surface area contributed by atoms with Crippen molar-refractivity contribution >= 4 is 29.2 Å². The second-order valence-electron chi connectivity index (χ2n) is 1.95. The fourth-order valence-corrected chi connectivity index (χ4v) is 1.20. The van der Waals surface area contributed by atoms with E-state index in [0.29, 0.717) is 0 Å². The molecule has 0 heterocycles. The van der Waals surface area contributed by atoms with Crippen LogP contribution in [0.4, 0.5) is 0 Å². The van der Waals surface area contributed by atoms with Crippen LogP contribution in [0.1, 0.15) is 10.4 Å². The van der Waals surface area contributed by atoms with Crippen LogP contribution in [-0.2, 0) is 0 Å². The SMILES string of the molecule is O=C([O-])c1cc(Cl)cc(Cl)c1.[K+]. The third-order valence-corrected chi connectivity index (χ3v) is 1.53. The topological polar surface area (TPSA) is 40.1 Å². The van der Waals surface area contributed by atoms with E-state index in [1.807, 2.05) is 0 Å². The number of halogens is 2. The Balaban J connectivity index is 0.00000121. The molecule has 0 fully saturated rings. The second-order valence-corrected chi connectivity index (χ2v) is 2.82. The van der Waals surface area contributed by atoms with Crippen LogP contribution in [0.15, 0.2) is 18.2 Å². The van der Waals surface area contributed by atoms with Gasteiger partial charge in [-0.25, -0.2) is 0 Å². The van der Waals surface area contributed by atoms with Crippen molar-refractivity contribution in [1.29, 1.82) is 0 Å². The molecule has 0 saturated carbocycles. The molecule has 0 spiro atoms. The van der Waals surface area contributed by atoms with E-state index < -0.39 is 5.97 Å². The Hall–Kier alpha value is 0.906. The molecule has 1 aromatic carbocycles. The Morgan fingerprint density at radius 1 is 1.17 bits per heavy atom. The number of hydrogen-bond donors (Lipinski definition) is 0. The molecule has 0 aliphatic heterocycles. The second kappa shape index (κ2) is 5.60. The number of benzene rings is 1. The summed E-state index contributed by atoms with van der Waals surface area (Å²) in [5.41, 5.74) is -0.0116. The van der Waals surface area contributed by atoms with Crippen LogP contribution in [0.2, 0.25) is 10.0 Å². The van der Waals surface area contributed by atoms with E-state index in [1.165, 1.54) is 18.2 Å². The maximum Gasteiger partial charge on any atom is 1.00 e. The van der Waals surface area contributed by atoms with Gasteiger partial charge in [-0.3, -0.25) is 0 Å². The molecule has 12 heavy (non-hydrogen) atoms. The molecule has 0 aliphatic rings. The molecule has 0 bridgehead atoms. The fraction of sp³-hybridized carbons (Fsp3) is 0. The summed E-state index contributed by atoms with van der Waals surface area (Å²) < 4.78 is 0. The van der Waals surface area contributed by atoms with E-state index >= 15 is 0 Å². The molecule has 0 N–H and O–H groups in total. The molecular formula is C7H3Cl2KO2. The largest absolute Gasteiger partial charge is 1.00 e. The predicted octanol–water partition coefficient (Wildman–Crippen LogP) is -1.64. The standard InChI is InChI=1S/C7H4Cl2O2.K/c8-5-1-4(7(10)11)2-6(9)3-5;/h1-3H,(H,10,11);/q;+1/p-1. The van der Waals surface area contributed by atoms with Gasteiger partial charge in [-0.2, -0.15) is 0 Å². The normalized spacial score (nSPS) is 8.83. The molecule has 5 heteroatoms. The molecule has 0 unspecified atom stereocenters. The van der Waals surface area contributed by atoms with Crippen LogP contribution in [0, 0.1) is 0 Å². The minimum atomic E-state index is -1.28. The van der Waals surface area contributed by atoms with Crippen molar-refractivity contribution in [3.63, 3.8) is 0 Å². The first kappa shape index (κ1) is 12.9. The zero-order chi connectivity index (χ0) is 8.43. The van der Waals surface area contributed by atoms with Crippen molar-refractivity contribution in [3.05, 3.63) is 33.8 Å². The molecule has 1 rings (SSSR count). The predicted molar refractivity (Wildman–Crippen MR) is 40.8 cm³/mol. The van der Waals surface area contributed by atoms with Crippen LogP contribution in [-0.4, -0.2) is 5.97 Å². The first-order chi connectivity index (χ1) is 5.09. The zero-order valence-corrected chi connectivity index (χ0v) is 10.9. The van der Waals surface area contributed by atoms with E-state index in [1.54, 1.807) is 0 Å². The molecule has 58 valence electrons. The molecular weight excluding hydrogens is 226 g/mol. The number of carbonyl (C=O) groups is 1. The van der Waals surface area contributed by atoms with E-state index in [0.717, 1.165) is 0 Å². The zero-order valence-electron chi connectivity index (χ0n) is 6.30. The average molecular weight is 229 g/mol. The number of aromatic carboxylic acids is 1. The third kappa shape index (κ3) is 3.74. The summed E-state index contributed by atoms with van der Waals surface area (Å²) in [6.07, 6.45) is 0. The molecule has 0 amide bonds. The summed E-state index contributed by atoms with van der Waals surface area (Å²) in [6.45, 7) is 0. The van der Waals surface area contributed by atoms with Gasteiger partial charge in [0.1, 0.15) is 0 Å². The Labute approximate surface area is 122 Å². The van der Waals surface area contributed by atoms with Gasteiger partial charge in [0.15, 0.2) is 0 Å². The van der Waals surface area contributed by atoms with Crippen LogP contribution in [0.3, 0.4) is 0 Å². The minimum absolute atomic E-state index is 0. The summed E-state index contributed by atoms with van der Waals surface area (Å²) in [5.74, 6) is -1.28. The van der Waals surface area contributed by atoms with Crippen LogP contribution in [0.5, 0.6) is 0 Å². The summed E-state index contributed by atoms with van der Waals surface area (Å²) in [7, 11) is 0. The number of carboxylic acid groups (broad SMARTS) is 1. The summed E-state index contributed by atoms with van der Waals surface area (Å²) in [4.78, 5) is 10.3. The minimum Gasteiger partial charge on any atom is -0.545 e. The van der Waals surface area contributed by atoms with E-state index in [4.69, 9.17) is 23.2 Å². The van der Waals surface area contributed by atoms with Crippen molar-refractivity contribution in [3.8, 4) is 0 Å². The number of rotatable bonds is 1. The smallest absolute Gasteiger partial charge is 0.545 e. The Kier molecular flexibility index (Phi) is 6.02. The van der Waals surface area contributed by atoms with Crippen molar-refractivity contribution in [2.45, 2.75) is 0 Å². The van der Waals surface area contributed by atoms with Gasteiger partial charge in [0.25, 0.3) is 0 Å². The molecule has 0 atom stereocenters. The average Bonchev–Trinajstić information content (AvgIpc) is 1.85. The van der Waals surface area contributed by atoms with Crippen LogP contribution < -0.4 is 56.5 Å². The Morgan fingerprint density at radius 2 is 1.58 bits per heavy atom. The van der Waals surface area contributed by atoms with Crippen molar-refractivity contribution in [2.24, 2.45) is 0 Å². The summed E-state index contributed by atoms with van der Waals surface area (Å²) in [6, 6.07) is 4.01. The van der Waals surface area contributed by atoms with Gasteiger partial charge in [0.2, 0.25) is 0 Å². The van der Waals surface area contributed by atoms with Crippen LogP contribution in [0.25, 0.3) is 0 Å². The summed E-state index contributed by atoms with van der Waals surface area (Å²) in [5, 5.41) is 10.9. The van der Waals surface area contributed by atoms with Crippen molar-refractivity contribution < 1.29 is 61.3 Å². The first-order valence-corrected chi connectivity index (χ1v) is 3.52. The van der Waals surface area contributed by atoms with E-state index in [-0.39, 0.29) is 67.0 Å². The van der Waals surface area contributed by atoms with E-state index in [2.05, 4.69) is 0 Å². The molecule has 0 aromatic heterocycles. The number of carboxylic acids is 1. The summed E-state index contributed by atoms with van der Waals surface area (Å²) >= 11 is 11.0. The van der Waals surface area contributed by atoms with Crippen molar-refractivity contribution in [2.75, 3.05) is 0 Å². The van der Waals surface area contributed by atoms with Gasteiger partial charge >= 0.3 is 51.4 Å². The van der Waals surface area contributed by atoms with E-state index in [9.17, 15) is 9.90 Å². The molecule has 2 nitrogen and oxygen atoms in total. The monoisotopic (exact) mass is 228 g/mol. The third-order valence-electron chi connectivity index (χ3n) is 1.10. The number of carbonyl (C=O) groups excluding carboxylic acids is 1. The molecule has 0 aliphatic carbocycles. The van der Waals surface area contributed by atoms with Gasteiger partial charge in [0, 0.05) is 15.6 Å². The Bertz CT molecular complexity index is 281. The maximum atomic E-state index is 10.3. The first-order valence-electron chi connectivity index (χ1n) is 2.77. The number of hydrogen-bond acceptors (Lipinski definition) is 2. The van der Waals surface area contributed by atoms with Gasteiger partial charge in [-0.05, 0) is 18.2 Å². The Morgan fingerprint density at radius 3 is 1.92 bits per heavy atom. The van der Waals surface area contributed by atoms with Gasteiger partial charge in [-0.15, -0.1) is 0 Å². The molecule has 0 radical (unpaired) electrons. The van der Waals surface area contributed by atoms with Gasteiger partial charge < -0.3 is 9.90 Å². The van der Waals surface area contributed by atoms with Crippen LogP contribution >= 0.6 is 23.2 Å². The van der Waals surface area contributed by atoms with Crippen molar-refractivity contribution in [1.82, 2.24) is 0 Å².